The van der Waals surface area contributed by atoms with Crippen LogP contribution in [0.3, 0.4) is 0 Å². The van der Waals surface area contributed by atoms with E-state index < -0.39 is 15.1 Å². The van der Waals surface area contributed by atoms with Gasteiger partial charge in [0.1, 0.15) is 0 Å². The van der Waals surface area contributed by atoms with Crippen molar-refractivity contribution < 1.29 is 17.6 Å². The van der Waals surface area contributed by atoms with Gasteiger partial charge in [-0.1, -0.05) is 35.8 Å². The van der Waals surface area contributed by atoms with Gasteiger partial charge in [-0.05, 0) is 17.7 Å². The molecule has 22 heavy (non-hydrogen) atoms. The number of benzene rings is 1. The summed E-state index contributed by atoms with van der Waals surface area (Å²) in [5, 5.41) is 9.71. The Hall–Kier alpha value is -1.93. The van der Waals surface area contributed by atoms with Gasteiger partial charge in [0.2, 0.25) is 21.6 Å². The van der Waals surface area contributed by atoms with Crippen LogP contribution in [-0.2, 0) is 26.9 Å². The molecule has 0 saturated carbocycles. The van der Waals surface area contributed by atoms with Gasteiger partial charge in [0.15, 0.2) is 0 Å². The largest absolute Gasteiger partial charge is 0.411 e. The van der Waals surface area contributed by atoms with E-state index in [0.29, 0.717) is 17.0 Å². The maximum Gasteiger partial charge on any atom is 0.335 e. The van der Waals surface area contributed by atoms with Crippen LogP contribution < -0.4 is 5.32 Å². The molecule has 0 aliphatic rings. The standard InChI is InChI=1S/C13H14ClN3O4S/c1-2-11(18)15-7-12-16-17-13(21-12)22(19,20)8-9-3-5-10(14)6-4-9/h3-6H,2,7-8H2,1H3,(H,15,18). The van der Waals surface area contributed by atoms with E-state index in [1.165, 1.54) is 0 Å². The molecular weight excluding hydrogens is 330 g/mol. The first-order valence-electron chi connectivity index (χ1n) is 6.47. The van der Waals surface area contributed by atoms with Crippen molar-refractivity contribution in [3.63, 3.8) is 0 Å². The van der Waals surface area contributed by atoms with Crippen LogP contribution in [0.5, 0.6) is 0 Å². The summed E-state index contributed by atoms with van der Waals surface area (Å²) < 4.78 is 29.4. The zero-order chi connectivity index (χ0) is 16.2. The first kappa shape index (κ1) is 16.4. The molecule has 0 fully saturated rings. The van der Waals surface area contributed by atoms with Gasteiger partial charge < -0.3 is 9.73 Å². The summed E-state index contributed by atoms with van der Waals surface area (Å²) in [5.41, 5.74) is 0.559. The maximum absolute atomic E-state index is 12.2. The fraction of sp³-hybridized carbons (Fsp3) is 0.308. The average molecular weight is 344 g/mol. The van der Waals surface area contributed by atoms with Crippen molar-refractivity contribution in [1.29, 1.82) is 0 Å². The molecule has 0 aliphatic carbocycles. The summed E-state index contributed by atoms with van der Waals surface area (Å²) in [4.78, 5) is 11.1. The third kappa shape index (κ3) is 4.28. The molecule has 1 aromatic heterocycles. The average Bonchev–Trinajstić information content (AvgIpc) is 2.97. The second-order valence-corrected chi connectivity index (χ2v) is 6.78. The Morgan fingerprint density at radius 3 is 2.59 bits per heavy atom. The first-order valence-corrected chi connectivity index (χ1v) is 8.50. The zero-order valence-electron chi connectivity index (χ0n) is 11.7. The summed E-state index contributed by atoms with van der Waals surface area (Å²) in [6.45, 7) is 1.70. The number of rotatable bonds is 6. The third-order valence-corrected chi connectivity index (χ3v) is 4.40. The van der Waals surface area contributed by atoms with E-state index in [-0.39, 0.29) is 24.1 Å². The molecule has 1 aromatic carbocycles. The Morgan fingerprint density at radius 2 is 1.95 bits per heavy atom. The molecule has 2 rings (SSSR count). The van der Waals surface area contributed by atoms with Crippen molar-refractivity contribution in [3.8, 4) is 0 Å². The van der Waals surface area contributed by atoms with Crippen LogP contribution in [0.25, 0.3) is 0 Å². The summed E-state index contributed by atoms with van der Waals surface area (Å²) in [6, 6.07) is 6.43. The number of amides is 1. The molecule has 1 amide bonds. The number of halogens is 1. The number of carbonyl (C=O) groups is 1. The Balaban J connectivity index is 2.08. The van der Waals surface area contributed by atoms with Gasteiger partial charge in [-0.15, -0.1) is 5.10 Å². The number of hydrogen-bond acceptors (Lipinski definition) is 6. The Kier molecular flexibility index (Phi) is 5.15. The Morgan fingerprint density at radius 1 is 1.27 bits per heavy atom. The number of nitrogens with zero attached hydrogens (tertiary/aromatic N) is 2. The van der Waals surface area contributed by atoms with Crippen molar-refractivity contribution in [3.05, 3.63) is 40.7 Å². The molecule has 0 spiro atoms. The lowest BCUT2D eigenvalue weighted by molar-refractivity contribution is -0.121. The van der Waals surface area contributed by atoms with Crippen molar-refractivity contribution >= 4 is 27.3 Å². The van der Waals surface area contributed by atoms with Crippen LogP contribution in [0.2, 0.25) is 5.02 Å². The van der Waals surface area contributed by atoms with E-state index in [4.69, 9.17) is 16.0 Å². The highest BCUT2D eigenvalue weighted by Gasteiger charge is 2.23. The third-order valence-electron chi connectivity index (χ3n) is 2.74. The molecule has 7 nitrogen and oxygen atoms in total. The summed E-state index contributed by atoms with van der Waals surface area (Å²) >= 11 is 5.75. The molecule has 1 N–H and O–H groups in total. The fourth-order valence-corrected chi connectivity index (χ4v) is 2.87. The van der Waals surface area contributed by atoms with E-state index in [0.717, 1.165) is 0 Å². The summed E-state index contributed by atoms with van der Waals surface area (Å²) in [6.07, 6.45) is 0.315. The van der Waals surface area contributed by atoms with E-state index in [9.17, 15) is 13.2 Å². The van der Waals surface area contributed by atoms with Crippen LogP contribution >= 0.6 is 11.6 Å². The fourth-order valence-electron chi connectivity index (χ4n) is 1.60. The normalized spacial score (nSPS) is 11.4. The molecule has 0 radical (unpaired) electrons. The zero-order valence-corrected chi connectivity index (χ0v) is 13.3. The minimum atomic E-state index is -3.75. The van der Waals surface area contributed by atoms with Crippen LogP contribution in [0.4, 0.5) is 0 Å². The molecule has 1 heterocycles. The van der Waals surface area contributed by atoms with Crippen LogP contribution in [-0.4, -0.2) is 24.5 Å². The van der Waals surface area contributed by atoms with Crippen molar-refractivity contribution in [1.82, 2.24) is 15.5 Å². The molecule has 9 heteroatoms. The van der Waals surface area contributed by atoms with Gasteiger partial charge in [0.05, 0.1) is 12.3 Å². The second-order valence-electron chi connectivity index (χ2n) is 4.48. The molecule has 118 valence electrons. The quantitative estimate of drug-likeness (QED) is 0.856. The number of hydrogen-bond donors (Lipinski definition) is 1. The van der Waals surface area contributed by atoms with Gasteiger partial charge >= 0.3 is 5.22 Å². The number of sulfone groups is 1. The highest BCUT2D eigenvalue weighted by molar-refractivity contribution is 7.90. The highest BCUT2D eigenvalue weighted by Crippen LogP contribution is 2.17. The predicted octanol–water partition coefficient (Wildman–Crippen LogP) is 1.72. The van der Waals surface area contributed by atoms with Gasteiger partial charge in [-0.25, -0.2) is 8.42 Å². The Labute approximate surface area is 132 Å². The van der Waals surface area contributed by atoms with Crippen molar-refractivity contribution in [2.75, 3.05) is 0 Å². The molecule has 0 aliphatic heterocycles. The molecule has 0 bridgehead atoms. The lowest BCUT2D eigenvalue weighted by atomic mass is 10.2. The van der Waals surface area contributed by atoms with Crippen LogP contribution in [0.1, 0.15) is 24.8 Å². The molecule has 0 unspecified atom stereocenters. The lowest BCUT2D eigenvalue weighted by Crippen LogP contribution is -2.21. The molecular formula is C13H14ClN3O4S. The SMILES string of the molecule is CCC(=O)NCc1nnc(S(=O)(=O)Cc2ccc(Cl)cc2)o1. The second kappa shape index (κ2) is 6.89. The van der Waals surface area contributed by atoms with Crippen molar-refractivity contribution in [2.45, 2.75) is 30.9 Å². The summed E-state index contributed by atoms with van der Waals surface area (Å²) in [5.74, 6) is -0.423. The van der Waals surface area contributed by atoms with Gasteiger partial charge in [-0.2, -0.15) is 0 Å². The minimum Gasteiger partial charge on any atom is -0.411 e. The van der Waals surface area contributed by atoms with Gasteiger partial charge in [0.25, 0.3) is 0 Å². The van der Waals surface area contributed by atoms with Crippen LogP contribution in [0.15, 0.2) is 33.9 Å². The Bertz CT molecular complexity index is 756. The predicted molar refractivity (Wildman–Crippen MR) is 78.8 cm³/mol. The number of nitrogens with one attached hydrogen (secondary N) is 1. The first-order chi connectivity index (χ1) is 10.4. The molecule has 0 saturated heterocycles. The minimum absolute atomic E-state index is 0.00383. The molecule has 0 atom stereocenters. The summed E-state index contributed by atoms with van der Waals surface area (Å²) in [7, 11) is -3.75. The van der Waals surface area contributed by atoms with E-state index in [1.54, 1.807) is 31.2 Å². The van der Waals surface area contributed by atoms with Gasteiger partial charge in [0, 0.05) is 11.4 Å². The highest BCUT2D eigenvalue weighted by atomic mass is 35.5. The maximum atomic E-state index is 12.2. The topological polar surface area (TPSA) is 102 Å². The van der Waals surface area contributed by atoms with E-state index in [1.807, 2.05) is 0 Å². The van der Waals surface area contributed by atoms with E-state index >= 15 is 0 Å². The van der Waals surface area contributed by atoms with Gasteiger partial charge in [-0.3, -0.25) is 4.79 Å². The molecule has 2 aromatic rings. The number of carbonyl (C=O) groups excluding carboxylic acids is 1. The monoisotopic (exact) mass is 343 g/mol. The van der Waals surface area contributed by atoms with Crippen molar-refractivity contribution in [2.24, 2.45) is 0 Å². The smallest absolute Gasteiger partial charge is 0.335 e. The lowest BCUT2D eigenvalue weighted by Gasteiger charge is -2.00. The van der Waals surface area contributed by atoms with E-state index in [2.05, 4.69) is 15.5 Å². The number of aromatic nitrogens is 2. The van der Waals surface area contributed by atoms with Crippen LogP contribution in [0, 0.1) is 0 Å².